The number of nitrogen functional groups attached to an aromatic ring is 2. The first-order valence-corrected chi connectivity index (χ1v) is 5.39. The smallest absolute Gasteiger partial charge is 0.387 e. The van der Waals surface area contributed by atoms with Crippen LogP contribution in [0.5, 0.6) is 5.75 Å². The standard InChI is InChI=1S/C12H12F2N4O/c13-12(14)19-9-4-2-1-3-8(9)17-10-6-5-7(15)11(16)18-10/h1-6,12H,15H2,(H3,16,17,18). The summed E-state index contributed by atoms with van der Waals surface area (Å²) in [5, 5.41) is 2.84. The third kappa shape index (κ3) is 3.21. The Kier molecular flexibility index (Phi) is 3.65. The molecule has 0 amide bonds. The number of aromatic nitrogens is 1. The highest BCUT2D eigenvalue weighted by molar-refractivity contribution is 5.68. The molecule has 0 spiro atoms. The van der Waals surface area contributed by atoms with Gasteiger partial charge in [0.15, 0.2) is 0 Å². The third-order valence-electron chi connectivity index (χ3n) is 2.32. The summed E-state index contributed by atoms with van der Waals surface area (Å²) < 4.78 is 28.9. The van der Waals surface area contributed by atoms with Gasteiger partial charge in [0.05, 0.1) is 11.4 Å². The van der Waals surface area contributed by atoms with Crippen molar-refractivity contribution >= 4 is 23.0 Å². The fraction of sp³-hybridized carbons (Fsp3) is 0.0833. The number of para-hydroxylation sites is 2. The number of anilines is 4. The average Bonchev–Trinajstić information content (AvgIpc) is 2.36. The molecule has 2 rings (SSSR count). The summed E-state index contributed by atoms with van der Waals surface area (Å²) in [6.07, 6.45) is 0. The first-order valence-electron chi connectivity index (χ1n) is 5.39. The van der Waals surface area contributed by atoms with Gasteiger partial charge in [0, 0.05) is 0 Å². The fourth-order valence-electron chi connectivity index (χ4n) is 1.46. The van der Waals surface area contributed by atoms with Gasteiger partial charge in [-0.15, -0.1) is 0 Å². The van der Waals surface area contributed by atoms with E-state index >= 15 is 0 Å². The molecule has 0 saturated heterocycles. The molecule has 0 fully saturated rings. The van der Waals surface area contributed by atoms with Crippen LogP contribution < -0.4 is 21.5 Å². The molecule has 0 bridgehead atoms. The lowest BCUT2D eigenvalue weighted by molar-refractivity contribution is -0.0493. The minimum absolute atomic E-state index is 0.0229. The van der Waals surface area contributed by atoms with Crippen LogP contribution >= 0.6 is 0 Å². The lowest BCUT2D eigenvalue weighted by Gasteiger charge is -2.12. The predicted molar refractivity (Wildman–Crippen MR) is 69.4 cm³/mol. The maximum atomic E-state index is 12.3. The minimum Gasteiger partial charge on any atom is -0.433 e. The first kappa shape index (κ1) is 12.9. The molecule has 0 atom stereocenters. The monoisotopic (exact) mass is 266 g/mol. The largest absolute Gasteiger partial charge is 0.433 e. The Morgan fingerprint density at radius 2 is 1.84 bits per heavy atom. The number of halogens is 2. The van der Waals surface area contributed by atoms with Gasteiger partial charge in [-0.1, -0.05) is 12.1 Å². The first-order chi connectivity index (χ1) is 9.06. The molecule has 100 valence electrons. The van der Waals surface area contributed by atoms with Crippen molar-refractivity contribution in [2.45, 2.75) is 6.61 Å². The van der Waals surface area contributed by atoms with Crippen LogP contribution in [-0.2, 0) is 0 Å². The maximum Gasteiger partial charge on any atom is 0.387 e. The molecular formula is C12H12F2N4O. The highest BCUT2D eigenvalue weighted by Gasteiger charge is 2.09. The Balaban J connectivity index is 2.25. The highest BCUT2D eigenvalue weighted by Crippen LogP contribution is 2.28. The molecule has 19 heavy (non-hydrogen) atoms. The summed E-state index contributed by atoms with van der Waals surface area (Å²) in [7, 11) is 0. The van der Waals surface area contributed by atoms with Gasteiger partial charge in [-0.05, 0) is 24.3 Å². The minimum atomic E-state index is -2.90. The number of ether oxygens (including phenoxy) is 1. The van der Waals surface area contributed by atoms with Crippen molar-refractivity contribution in [1.29, 1.82) is 0 Å². The van der Waals surface area contributed by atoms with Crippen LogP contribution in [0, 0.1) is 0 Å². The molecule has 1 aromatic carbocycles. The summed E-state index contributed by atoms with van der Waals surface area (Å²) in [6, 6.07) is 9.45. The quantitative estimate of drug-likeness (QED) is 0.791. The lowest BCUT2D eigenvalue weighted by atomic mass is 10.3. The number of pyridine rings is 1. The topological polar surface area (TPSA) is 86.2 Å². The van der Waals surface area contributed by atoms with E-state index in [4.69, 9.17) is 11.5 Å². The van der Waals surface area contributed by atoms with E-state index in [0.717, 1.165) is 0 Å². The van der Waals surface area contributed by atoms with Crippen LogP contribution in [-0.4, -0.2) is 11.6 Å². The fourth-order valence-corrected chi connectivity index (χ4v) is 1.46. The molecule has 0 aliphatic carbocycles. The van der Waals surface area contributed by atoms with Crippen molar-refractivity contribution in [2.24, 2.45) is 0 Å². The van der Waals surface area contributed by atoms with Crippen LogP contribution in [0.25, 0.3) is 0 Å². The van der Waals surface area contributed by atoms with E-state index in [1.165, 1.54) is 6.07 Å². The van der Waals surface area contributed by atoms with Crippen molar-refractivity contribution < 1.29 is 13.5 Å². The molecule has 5 nitrogen and oxygen atoms in total. The van der Waals surface area contributed by atoms with Gasteiger partial charge >= 0.3 is 6.61 Å². The van der Waals surface area contributed by atoms with Crippen molar-refractivity contribution in [3.63, 3.8) is 0 Å². The van der Waals surface area contributed by atoms with Crippen LogP contribution in [0.1, 0.15) is 0 Å². The van der Waals surface area contributed by atoms with Gasteiger partial charge in [-0.2, -0.15) is 8.78 Å². The van der Waals surface area contributed by atoms with Gasteiger partial charge in [-0.25, -0.2) is 4.98 Å². The Bertz CT molecular complexity index is 577. The molecule has 0 radical (unpaired) electrons. The number of hydrogen-bond acceptors (Lipinski definition) is 5. The second-order valence-corrected chi connectivity index (χ2v) is 3.67. The molecule has 7 heteroatoms. The number of alkyl halides is 2. The van der Waals surface area contributed by atoms with E-state index in [0.29, 0.717) is 17.2 Å². The van der Waals surface area contributed by atoms with Crippen molar-refractivity contribution in [3.8, 4) is 5.75 Å². The maximum absolute atomic E-state index is 12.3. The normalized spacial score (nSPS) is 10.5. The molecule has 2 aromatic rings. The third-order valence-corrected chi connectivity index (χ3v) is 2.32. The zero-order valence-corrected chi connectivity index (χ0v) is 9.81. The number of benzene rings is 1. The zero-order chi connectivity index (χ0) is 13.8. The Labute approximate surface area is 108 Å². The predicted octanol–water partition coefficient (Wildman–Crippen LogP) is 2.59. The second-order valence-electron chi connectivity index (χ2n) is 3.67. The van der Waals surface area contributed by atoms with Gasteiger partial charge in [0.25, 0.3) is 0 Å². The Hall–Kier alpha value is -2.57. The lowest BCUT2D eigenvalue weighted by Crippen LogP contribution is -2.05. The van der Waals surface area contributed by atoms with Crippen molar-refractivity contribution in [1.82, 2.24) is 4.98 Å². The number of nitrogens with one attached hydrogen (secondary N) is 1. The average molecular weight is 266 g/mol. The van der Waals surface area contributed by atoms with E-state index in [1.807, 2.05) is 0 Å². The summed E-state index contributed by atoms with van der Waals surface area (Å²) in [5.74, 6) is 0.573. The van der Waals surface area contributed by atoms with Crippen LogP contribution in [0.15, 0.2) is 36.4 Å². The van der Waals surface area contributed by atoms with E-state index < -0.39 is 6.61 Å². The van der Waals surface area contributed by atoms with Crippen LogP contribution in [0.2, 0.25) is 0 Å². The molecule has 0 aliphatic rings. The number of rotatable bonds is 4. The summed E-state index contributed by atoms with van der Waals surface area (Å²) >= 11 is 0. The number of hydrogen-bond donors (Lipinski definition) is 3. The molecule has 5 N–H and O–H groups in total. The van der Waals surface area contributed by atoms with Crippen molar-refractivity contribution in [3.05, 3.63) is 36.4 Å². The molecular weight excluding hydrogens is 254 g/mol. The summed E-state index contributed by atoms with van der Waals surface area (Å²) in [6.45, 7) is -2.90. The summed E-state index contributed by atoms with van der Waals surface area (Å²) in [4.78, 5) is 3.99. The Morgan fingerprint density at radius 3 is 2.53 bits per heavy atom. The second kappa shape index (κ2) is 5.38. The number of nitrogens with two attached hydrogens (primary N) is 2. The molecule has 1 heterocycles. The van der Waals surface area contributed by atoms with E-state index in [9.17, 15) is 8.78 Å². The van der Waals surface area contributed by atoms with E-state index in [1.54, 1.807) is 30.3 Å². The molecule has 1 aromatic heterocycles. The summed E-state index contributed by atoms with van der Waals surface area (Å²) in [5.41, 5.74) is 11.8. The van der Waals surface area contributed by atoms with Crippen LogP contribution in [0.3, 0.4) is 0 Å². The number of nitrogens with zero attached hydrogens (tertiary/aromatic N) is 1. The van der Waals surface area contributed by atoms with Crippen molar-refractivity contribution in [2.75, 3.05) is 16.8 Å². The highest BCUT2D eigenvalue weighted by atomic mass is 19.3. The van der Waals surface area contributed by atoms with Crippen LogP contribution in [0.4, 0.5) is 31.8 Å². The molecule has 0 unspecified atom stereocenters. The van der Waals surface area contributed by atoms with Gasteiger partial charge in [0.1, 0.15) is 17.4 Å². The molecule has 0 aliphatic heterocycles. The van der Waals surface area contributed by atoms with Gasteiger partial charge < -0.3 is 21.5 Å². The van der Waals surface area contributed by atoms with Gasteiger partial charge in [-0.3, -0.25) is 0 Å². The van der Waals surface area contributed by atoms with E-state index in [-0.39, 0.29) is 11.6 Å². The SMILES string of the molecule is Nc1ccc(Nc2ccccc2OC(F)F)nc1N. The molecule has 0 saturated carbocycles. The zero-order valence-electron chi connectivity index (χ0n) is 9.81. The Morgan fingerprint density at radius 1 is 1.11 bits per heavy atom. The van der Waals surface area contributed by atoms with E-state index in [2.05, 4.69) is 15.0 Å². The van der Waals surface area contributed by atoms with Gasteiger partial charge in [0.2, 0.25) is 0 Å².